The first kappa shape index (κ1) is 29.1. The number of fused-ring (bicyclic) bond motifs is 3. The lowest BCUT2D eigenvalue weighted by atomic mass is 9.96. The summed E-state index contributed by atoms with van der Waals surface area (Å²) in [7, 11) is 0. The second-order valence-corrected chi connectivity index (χ2v) is 12.8. The Hall–Kier alpha value is -3.42. The number of pyridine rings is 1. The summed E-state index contributed by atoms with van der Waals surface area (Å²) in [5.74, 6) is -0.835. The van der Waals surface area contributed by atoms with Gasteiger partial charge in [0.15, 0.2) is 17.9 Å². The highest BCUT2D eigenvalue weighted by molar-refractivity contribution is 7.09. The van der Waals surface area contributed by atoms with Crippen molar-refractivity contribution in [2.24, 2.45) is 4.99 Å². The molecule has 0 aliphatic carbocycles. The quantitative estimate of drug-likeness (QED) is 0.463. The van der Waals surface area contributed by atoms with E-state index in [2.05, 4.69) is 26.2 Å². The van der Waals surface area contributed by atoms with Crippen LogP contribution in [0.3, 0.4) is 0 Å². The molecular formula is C28H34FN5O6S. The Morgan fingerprint density at radius 3 is 2.63 bits per heavy atom. The van der Waals surface area contributed by atoms with Gasteiger partial charge in [-0.25, -0.2) is 24.0 Å². The zero-order chi connectivity index (χ0) is 29.7. The van der Waals surface area contributed by atoms with Crippen molar-refractivity contribution in [3.8, 4) is 10.6 Å². The molecule has 0 aromatic carbocycles. The van der Waals surface area contributed by atoms with E-state index in [9.17, 15) is 9.59 Å². The van der Waals surface area contributed by atoms with E-state index in [4.69, 9.17) is 18.9 Å². The minimum Gasteiger partial charge on any atom is -0.444 e. The van der Waals surface area contributed by atoms with Gasteiger partial charge in [-0.1, -0.05) is 6.58 Å². The molecule has 3 aliphatic rings. The molecule has 2 unspecified atom stereocenters. The number of halogens is 1. The maximum Gasteiger partial charge on any atom is 0.412 e. The molecule has 5 rings (SSSR count). The van der Waals surface area contributed by atoms with Crippen molar-refractivity contribution >= 4 is 41.3 Å². The van der Waals surface area contributed by atoms with E-state index in [1.54, 1.807) is 47.6 Å². The fourth-order valence-corrected chi connectivity index (χ4v) is 5.37. The molecule has 2 aromatic heterocycles. The van der Waals surface area contributed by atoms with Crippen molar-refractivity contribution in [2.45, 2.75) is 84.1 Å². The molecule has 3 aliphatic heterocycles. The molecule has 2 saturated heterocycles. The zero-order valence-corrected chi connectivity index (χ0v) is 24.8. The van der Waals surface area contributed by atoms with Gasteiger partial charge in [0, 0.05) is 23.3 Å². The van der Waals surface area contributed by atoms with Gasteiger partial charge in [-0.2, -0.15) is 4.37 Å². The summed E-state index contributed by atoms with van der Waals surface area (Å²) < 4.78 is 43.0. The van der Waals surface area contributed by atoms with Crippen LogP contribution in [-0.2, 0) is 25.5 Å². The van der Waals surface area contributed by atoms with Crippen LogP contribution >= 0.6 is 11.5 Å². The van der Waals surface area contributed by atoms with Gasteiger partial charge in [0.05, 0.1) is 42.1 Å². The van der Waals surface area contributed by atoms with Crippen LogP contribution in [0.25, 0.3) is 16.6 Å². The molecule has 11 nitrogen and oxygen atoms in total. The molecule has 0 radical (unpaired) electrons. The van der Waals surface area contributed by atoms with E-state index in [0.717, 1.165) is 0 Å². The Bertz CT molecular complexity index is 1410. The molecule has 2 amide bonds. The highest BCUT2D eigenvalue weighted by atomic mass is 32.1. The molecule has 2 fully saturated rings. The number of carbonyl (C=O) groups is 2. The molecule has 13 heteroatoms. The SMILES string of the molecule is C=Cc1cc(-c2nc(N=C3CCOC[C@@H]3NC(=O)OC(C)(C)C)c(F)c3c2C2OC2N(C(=O)OC(C)(C)C)C3)sn1. The molecule has 3 atom stereocenters. The highest BCUT2D eigenvalue weighted by Gasteiger charge is 2.55. The summed E-state index contributed by atoms with van der Waals surface area (Å²) in [5.41, 5.74) is 1.01. The Balaban J connectivity index is 1.56. The third-order valence-electron chi connectivity index (χ3n) is 6.38. The van der Waals surface area contributed by atoms with E-state index in [-0.39, 0.29) is 24.5 Å². The molecule has 41 heavy (non-hydrogen) atoms. The van der Waals surface area contributed by atoms with E-state index in [0.29, 0.717) is 40.6 Å². The smallest absolute Gasteiger partial charge is 0.412 e. The second kappa shape index (κ2) is 10.8. The molecule has 0 saturated carbocycles. The Morgan fingerprint density at radius 2 is 1.98 bits per heavy atom. The number of hydrogen-bond donors (Lipinski definition) is 1. The molecule has 1 N–H and O–H groups in total. The number of ether oxygens (including phenoxy) is 4. The predicted molar refractivity (Wildman–Crippen MR) is 150 cm³/mol. The largest absolute Gasteiger partial charge is 0.444 e. The van der Waals surface area contributed by atoms with Crippen molar-refractivity contribution in [1.29, 1.82) is 0 Å². The van der Waals surface area contributed by atoms with Gasteiger partial charge >= 0.3 is 12.2 Å². The topological polar surface area (TPSA) is 128 Å². The number of rotatable bonds is 4. The van der Waals surface area contributed by atoms with Gasteiger partial charge in [0.1, 0.15) is 17.3 Å². The summed E-state index contributed by atoms with van der Waals surface area (Å²) >= 11 is 1.20. The van der Waals surface area contributed by atoms with Crippen molar-refractivity contribution in [1.82, 2.24) is 19.6 Å². The van der Waals surface area contributed by atoms with E-state index in [1.807, 2.05) is 6.07 Å². The Morgan fingerprint density at radius 1 is 1.24 bits per heavy atom. The van der Waals surface area contributed by atoms with Gasteiger partial charge in [-0.05, 0) is 65.2 Å². The third-order valence-corrected chi connectivity index (χ3v) is 7.19. The Kier molecular flexibility index (Phi) is 7.64. The number of aliphatic imine (C=N–C) groups is 1. The number of carbonyl (C=O) groups excluding carboxylic acids is 2. The maximum absolute atomic E-state index is 16.3. The monoisotopic (exact) mass is 587 g/mol. The second-order valence-electron chi connectivity index (χ2n) is 12.0. The van der Waals surface area contributed by atoms with Crippen LogP contribution in [0.15, 0.2) is 17.6 Å². The van der Waals surface area contributed by atoms with E-state index < -0.39 is 47.6 Å². The lowest BCUT2D eigenvalue weighted by Gasteiger charge is -2.30. The summed E-state index contributed by atoms with van der Waals surface area (Å²) in [5, 5.41) is 2.77. The van der Waals surface area contributed by atoms with Crippen molar-refractivity contribution in [2.75, 3.05) is 13.2 Å². The fraction of sp³-hybridized carbons (Fsp3) is 0.536. The predicted octanol–water partition coefficient (Wildman–Crippen LogP) is 5.52. The van der Waals surface area contributed by atoms with Crippen LogP contribution in [0.2, 0.25) is 0 Å². The normalized spacial score (nSPS) is 23.0. The zero-order valence-electron chi connectivity index (χ0n) is 23.9. The number of epoxide rings is 1. The van der Waals surface area contributed by atoms with Crippen LogP contribution in [0.5, 0.6) is 0 Å². The average Bonchev–Trinajstić information content (AvgIpc) is 3.52. The van der Waals surface area contributed by atoms with Gasteiger partial charge in [-0.15, -0.1) is 0 Å². The number of nitrogens with zero attached hydrogens (tertiary/aromatic N) is 4. The molecular weight excluding hydrogens is 553 g/mol. The average molecular weight is 588 g/mol. The van der Waals surface area contributed by atoms with Gasteiger partial charge in [0.2, 0.25) is 0 Å². The molecule has 0 spiro atoms. The van der Waals surface area contributed by atoms with Crippen molar-refractivity contribution < 1.29 is 32.9 Å². The van der Waals surface area contributed by atoms with Gasteiger partial charge in [0.25, 0.3) is 0 Å². The summed E-state index contributed by atoms with van der Waals surface area (Å²) in [6, 6.07) is 1.18. The lowest BCUT2D eigenvalue weighted by molar-refractivity contribution is 0.0132. The van der Waals surface area contributed by atoms with E-state index >= 15 is 4.39 Å². The lowest BCUT2D eigenvalue weighted by Crippen LogP contribution is -2.48. The van der Waals surface area contributed by atoms with Crippen LogP contribution < -0.4 is 5.32 Å². The number of hydrogen-bond acceptors (Lipinski definition) is 10. The standard InChI is InChI=1S/C28H34FN5O6S/c1-8-14-11-18(41-33-14)21-19-15(12-34(24-22(19)38-24)26(36)40-28(5,6)7)20(29)23(32-21)30-16-9-10-37-13-17(16)31-25(35)39-27(2,3)4/h8,11,17,22,24H,1,9-10,12-13H2,2-7H3,(H,31,35)/t17-,22?,24?/m0/s1. The fourth-order valence-electron chi connectivity index (χ4n) is 4.63. The minimum absolute atomic E-state index is 0.0829. The first-order valence-corrected chi connectivity index (χ1v) is 14.1. The van der Waals surface area contributed by atoms with Crippen molar-refractivity contribution in [3.05, 3.63) is 35.3 Å². The highest BCUT2D eigenvalue weighted by Crippen LogP contribution is 2.52. The number of amides is 2. The Labute approximate surface area is 241 Å². The number of alkyl carbamates (subject to hydrolysis) is 1. The third kappa shape index (κ3) is 6.41. The maximum atomic E-state index is 16.3. The number of nitrogens with one attached hydrogen (secondary N) is 1. The minimum atomic E-state index is -0.732. The summed E-state index contributed by atoms with van der Waals surface area (Å²) in [4.78, 5) is 36.8. The van der Waals surface area contributed by atoms with Crippen LogP contribution in [-0.4, -0.2) is 68.8 Å². The summed E-state index contributed by atoms with van der Waals surface area (Å²) in [6.07, 6.45) is -0.409. The van der Waals surface area contributed by atoms with Gasteiger partial charge < -0.3 is 24.3 Å². The van der Waals surface area contributed by atoms with Gasteiger partial charge in [-0.3, -0.25) is 4.90 Å². The molecule has 5 heterocycles. The van der Waals surface area contributed by atoms with E-state index in [1.165, 1.54) is 16.4 Å². The summed E-state index contributed by atoms with van der Waals surface area (Å²) in [6.45, 7) is 14.8. The van der Waals surface area contributed by atoms with Crippen LogP contribution in [0, 0.1) is 5.82 Å². The number of aromatic nitrogens is 2. The molecule has 220 valence electrons. The van der Waals surface area contributed by atoms with Crippen LogP contribution in [0.1, 0.15) is 70.9 Å². The van der Waals surface area contributed by atoms with Crippen LogP contribution in [0.4, 0.5) is 19.8 Å². The molecule has 0 bridgehead atoms. The molecule has 2 aromatic rings. The van der Waals surface area contributed by atoms with Crippen molar-refractivity contribution in [3.63, 3.8) is 0 Å². The first-order chi connectivity index (χ1) is 19.2. The first-order valence-electron chi connectivity index (χ1n) is 13.4.